The number of carboxylic acid groups (broad SMARTS) is 1. The standard InChI is InChI=1S/C12H16Cl2N4O3/c1-2-7-9(14)17-10(15-7)11(19)16-8-3-4-18(12(20)21)5-6(8)13/h6,8H,2-5H2,1H3,(H,15,17)(H,16,19)(H,20,21)/t6-,8+/m0/s1. The zero-order valence-corrected chi connectivity index (χ0v) is 12.9. The summed E-state index contributed by atoms with van der Waals surface area (Å²) in [7, 11) is 0. The van der Waals surface area contributed by atoms with Crippen molar-refractivity contribution < 1.29 is 14.7 Å². The number of aromatic amines is 1. The number of carbonyl (C=O) groups is 2. The number of nitrogens with one attached hydrogen (secondary N) is 2. The van der Waals surface area contributed by atoms with Gasteiger partial charge in [-0.2, -0.15) is 0 Å². The van der Waals surface area contributed by atoms with Crippen LogP contribution in [0.1, 0.15) is 29.7 Å². The molecule has 2 atom stereocenters. The second-order valence-corrected chi connectivity index (χ2v) is 5.74. The highest BCUT2D eigenvalue weighted by molar-refractivity contribution is 6.30. The van der Waals surface area contributed by atoms with Gasteiger partial charge in [0.05, 0.1) is 11.1 Å². The van der Waals surface area contributed by atoms with Crippen molar-refractivity contribution in [2.75, 3.05) is 13.1 Å². The van der Waals surface area contributed by atoms with Gasteiger partial charge in [-0.05, 0) is 12.8 Å². The topological polar surface area (TPSA) is 98.3 Å². The van der Waals surface area contributed by atoms with E-state index in [2.05, 4.69) is 15.3 Å². The lowest BCUT2D eigenvalue weighted by atomic mass is 10.0. The predicted octanol–water partition coefficient (Wildman–Crippen LogP) is 1.72. The summed E-state index contributed by atoms with van der Waals surface area (Å²) in [5.41, 5.74) is 0.699. The minimum absolute atomic E-state index is 0.140. The Bertz CT molecular complexity index is 549. The summed E-state index contributed by atoms with van der Waals surface area (Å²) < 4.78 is 0. The zero-order chi connectivity index (χ0) is 15.6. The molecule has 0 bridgehead atoms. The molecule has 7 nitrogen and oxygen atoms in total. The molecule has 116 valence electrons. The molecule has 0 aliphatic carbocycles. The molecule has 0 radical (unpaired) electrons. The third-order valence-corrected chi connectivity index (χ3v) is 4.18. The van der Waals surface area contributed by atoms with Crippen molar-refractivity contribution in [2.45, 2.75) is 31.2 Å². The van der Waals surface area contributed by atoms with Crippen LogP contribution in [0.3, 0.4) is 0 Å². The zero-order valence-electron chi connectivity index (χ0n) is 11.4. The lowest BCUT2D eigenvalue weighted by Gasteiger charge is -2.34. The first-order chi connectivity index (χ1) is 9.92. The van der Waals surface area contributed by atoms with Crippen molar-refractivity contribution in [2.24, 2.45) is 0 Å². The minimum Gasteiger partial charge on any atom is -0.465 e. The number of alkyl halides is 1. The number of hydrogen-bond acceptors (Lipinski definition) is 3. The van der Waals surface area contributed by atoms with Gasteiger partial charge in [0.25, 0.3) is 5.91 Å². The molecule has 1 aromatic rings. The SMILES string of the molecule is CCc1[nH]c(C(=O)N[C@@H]2CCN(C(=O)O)C[C@@H]2Cl)nc1Cl. The average molecular weight is 335 g/mol. The van der Waals surface area contributed by atoms with E-state index < -0.39 is 17.4 Å². The monoisotopic (exact) mass is 334 g/mol. The fourth-order valence-electron chi connectivity index (χ4n) is 2.21. The number of halogens is 2. The highest BCUT2D eigenvalue weighted by atomic mass is 35.5. The van der Waals surface area contributed by atoms with E-state index in [-0.39, 0.29) is 23.6 Å². The van der Waals surface area contributed by atoms with Gasteiger partial charge < -0.3 is 20.3 Å². The fourth-order valence-corrected chi connectivity index (χ4v) is 2.83. The van der Waals surface area contributed by atoms with E-state index in [0.717, 1.165) is 0 Å². The summed E-state index contributed by atoms with van der Waals surface area (Å²) in [6, 6.07) is -0.302. The molecular weight excluding hydrogens is 319 g/mol. The molecule has 9 heteroatoms. The summed E-state index contributed by atoms with van der Waals surface area (Å²) in [6.45, 7) is 2.42. The lowest BCUT2D eigenvalue weighted by molar-refractivity contribution is 0.0900. The molecular formula is C12H16Cl2N4O3. The van der Waals surface area contributed by atoms with Crippen LogP contribution in [0.5, 0.6) is 0 Å². The molecule has 0 saturated carbocycles. The van der Waals surface area contributed by atoms with Crippen LogP contribution in [-0.4, -0.2) is 56.5 Å². The molecule has 3 N–H and O–H groups in total. The number of piperidine rings is 1. The summed E-state index contributed by atoms with van der Waals surface area (Å²) >= 11 is 12.0. The van der Waals surface area contributed by atoms with Crippen molar-refractivity contribution in [1.82, 2.24) is 20.2 Å². The van der Waals surface area contributed by atoms with Gasteiger partial charge in [-0.1, -0.05) is 18.5 Å². The van der Waals surface area contributed by atoms with Crippen molar-refractivity contribution >= 4 is 35.2 Å². The Hall–Kier alpha value is -1.47. The number of H-pyrrole nitrogens is 1. The Morgan fingerprint density at radius 3 is 2.81 bits per heavy atom. The van der Waals surface area contributed by atoms with Crippen LogP contribution < -0.4 is 5.32 Å². The maximum atomic E-state index is 12.1. The molecule has 1 aromatic heterocycles. The Morgan fingerprint density at radius 2 is 2.29 bits per heavy atom. The Labute approximate surface area is 131 Å². The number of aromatic nitrogens is 2. The Balaban J connectivity index is 1.98. The third-order valence-electron chi connectivity index (χ3n) is 3.43. The van der Waals surface area contributed by atoms with E-state index in [1.54, 1.807) is 0 Å². The van der Waals surface area contributed by atoms with Gasteiger partial charge in [-0.3, -0.25) is 4.79 Å². The van der Waals surface area contributed by atoms with Crippen molar-refractivity contribution in [3.05, 3.63) is 16.7 Å². The summed E-state index contributed by atoms with van der Waals surface area (Å²) in [5.74, 6) is -0.252. The summed E-state index contributed by atoms with van der Waals surface area (Å²) in [5, 5.41) is 11.5. The molecule has 1 fully saturated rings. The molecule has 2 rings (SSSR count). The Morgan fingerprint density at radius 1 is 1.57 bits per heavy atom. The van der Waals surface area contributed by atoms with Gasteiger partial charge in [0.2, 0.25) is 0 Å². The maximum absolute atomic E-state index is 12.1. The van der Waals surface area contributed by atoms with Gasteiger partial charge in [0.1, 0.15) is 0 Å². The van der Waals surface area contributed by atoms with Gasteiger partial charge in [0, 0.05) is 19.1 Å². The van der Waals surface area contributed by atoms with E-state index in [9.17, 15) is 9.59 Å². The van der Waals surface area contributed by atoms with Crippen molar-refractivity contribution in [3.63, 3.8) is 0 Å². The van der Waals surface area contributed by atoms with Crippen LogP contribution in [0.2, 0.25) is 5.15 Å². The van der Waals surface area contributed by atoms with E-state index in [1.165, 1.54) is 4.90 Å². The summed E-state index contributed by atoms with van der Waals surface area (Å²) in [4.78, 5) is 31.0. The molecule has 2 heterocycles. The summed E-state index contributed by atoms with van der Waals surface area (Å²) in [6.07, 6.45) is 0.103. The number of aryl methyl sites for hydroxylation is 1. The van der Waals surface area contributed by atoms with Crippen LogP contribution in [0, 0.1) is 0 Å². The minimum atomic E-state index is -1.00. The molecule has 1 aliphatic heterocycles. The van der Waals surface area contributed by atoms with E-state index >= 15 is 0 Å². The number of nitrogens with zero attached hydrogens (tertiary/aromatic N) is 2. The number of imidazole rings is 1. The molecule has 21 heavy (non-hydrogen) atoms. The van der Waals surface area contributed by atoms with Crippen LogP contribution in [0.15, 0.2) is 0 Å². The first kappa shape index (κ1) is 15.9. The van der Waals surface area contributed by atoms with Crippen LogP contribution in [-0.2, 0) is 6.42 Å². The average Bonchev–Trinajstić information content (AvgIpc) is 2.82. The number of rotatable bonds is 3. The molecule has 1 saturated heterocycles. The number of amides is 2. The van der Waals surface area contributed by atoms with Crippen LogP contribution in [0.25, 0.3) is 0 Å². The van der Waals surface area contributed by atoms with Gasteiger partial charge >= 0.3 is 6.09 Å². The second-order valence-electron chi connectivity index (χ2n) is 4.82. The first-order valence-electron chi connectivity index (χ1n) is 6.59. The van der Waals surface area contributed by atoms with Gasteiger partial charge in [-0.25, -0.2) is 9.78 Å². The van der Waals surface area contributed by atoms with E-state index in [1.807, 2.05) is 6.92 Å². The van der Waals surface area contributed by atoms with Crippen LogP contribution >= 0.6 is 23.2 Å². The van der Waals surface area contributed by atoms with Crippen molar-refractivity contribution in [3.8, 4) is 0 Å². The molecule has 2 amide bonds. The third kappa shape index (κ3) is 3.59. The number of hydrogen-bond donors (Lipinski definition) is 3. The van der Waals surface area contributed by atoms with Crippen molar-refractivity contribution in [1.29, 1.82) is 0 Å². The first-order valence-corrected chi connectivity index (χ1v) is 7.41. The normalized spacial score (nSPS) is 22.1. The van der Waals surface area contributed by atoms with Crippen LogP contribution in [0.4, 0.5) is 4.79 Å². The van der Waals surface area contributed by atoms with E-state index in [4.69, 9.17) is 28.3 Å². The number of likely N-dealkylation sites (tertiary alicyclic amines) is 1. The highest BCUT2D eigenvalue weighted by Gasteiger charge is 2.31. The molecule has 0 unspecified atom stereocenters. The molecule has 0 aromatic carbocycles. The quantitative estimate of drug-likeness (QED) is 0.733. The Kier molecular flexibility index (Phi) is 4.95. The lowest BCUT2D eigenvalue weighted by Crippen LogP contribution is -2.53. The highest BCUT2D eigenvalue weighted by Crippen LogP contribution is 2.18. The van der Waals surface area contributed by atoms with E-state index in [0.29, 0.717) is 25.1 Å². The maximum Gasteiger partial charge on any atom is 0.407 e. The van der Waals surface area contributed by atoms with Gasteiger partial charge in [-0.15, -0.1) is 11.6 Å². The largest absolute Gasteiger partial charge is 0.465 e. The fraction of sp³-hybridized carbons (Fsp3) is 0.583. The second kappa shape index (κ2) is 6.53. The predicted molar refractivity (Wildman–Crippen MR) is 78.1 cm³/mol. The number of carbonyl (C=O) groups excluding carboxylic acids is 1. The smallest absolute Gasteiger partial charge is 0.407 e. The molecule has 0 spiro atoms. The van der Waals surface area contributed by atoms with Gasteiger partial charge in [0.15, 0.2) is 11.0 Å². The molecule has 1 aliphatic rings.